The standard InChI is InChI=1S/C37H36O9P/c1-47(2,3)37-32(46-36(41)28-22-14-7-15-23-28)31(45-35(40)27-20-12-6-13-21-27)30(44-34(39)26-18-10-5-11-19-26)29(43-37)24-42-33(38)25-16-8-4-9-17-25/h4-23,29-32,37H,24H2,1-3H3/q+1/t29-,30-,31+,32-,37?/m1/s1. The first-order valence-corrected chi connectivity index (χ1v) is 18.3. The fourth-order valence-corrected chi connectivity index (χ4v) is 6.80. The van der Waals surface area contributed by atoms with Crippen LogP contribution in [0.2, 0.25) is 0 Å². The Kier molecular flexibility index (Phi) is 10.8. The minimum absolute atomic E-state index is 0.240. The Morgan fingerprint density at radius 1 is 0.511 bits per heavy atom. The summed E-state index contributed by atoms with van der Waals surface area (Å²) in [5.41, 5.74) is 1.09. The second-order valence-corrected chi connectivity index (χ2v) is 16.6. The third-order valence-electron chi connectivity index (χ3n) is 7.52. The number of esters is 4. The Labute approximate surface area is 274 Å². The van der Waals surface area contributed by atoms with Gasteiger partial charge in [-0.25, -0.2) is 19.2 Å². The highest BCUT2D eigenvalue weighted by Gasteiger charge is 2.58. The molecule has 0 amide bonds. The van der Waals surface area contributed by atoms with Crippen LogP contribution in [0.25, 0.3) is 0 Å². The summed E-state index contributed by atoms with van der Waals surface area (Å²) in [7, 11) is -2.08. The van der Waals surface area contributed by atoms with Gasteiger partial charge in [0, 0.05) is 7.26 Å². The van der Waals surface area contributed by atoms with Gasteiger partial charge in [-0.05, 0) is 48.5 Å². The summed E-state index contributed by atoms with van der Waals surface area (Å²) in [6.45, 7) is 5.62. The van der Waals surface area contributed by atoms with Gasteiger partial charge >= 0.3 is 23.9 Å². The van der Waals surface area contributed by atoms with E-state index in [0.29, 0.717) is 5.56 Å². The zero-order valence-corrected chi connectivity index (χ0v) is 27.2. The Bertz CT molecular complexity index is 1660. The molecule has 47 heavy (non-hydrogen) atoms. The third kappa shape index (κ3) is 8.50. The second-order valence-electron chi connectivity index (χ2n) is 11.9. The van der Waals surface area contributed by atoms with Gasteiger partial charge in [-0.1, -0.05) is 72.8 Å². The highest BCUT2D eigenvalue weighted by atomic mass is 31.2. The third-order valence-corrected chi connectivity index (χ3v) is 9.46. The number of ether oxygens (including phenoxy) is 5. The molecule has 1 fully saturated rings. The van der Waals surface area contributed by atoms with Crippen molar-refractivity contribution in [3.8, 4) is 0 Å². The van der Waals surface area contributed by atoms with Crippen molar-refractivity contribution in [3.63, 3.8) is 0 Å². The lowest BCUT2D eigenvalue weighted by atomic mass is 9.98. The molecule has 4 aromatic rings. The highest BCUT2D eigenvalue weighted by molar-refractivity contribution is 7.74. The molecule has 10 heteroatoms. The Balaban J connectivity index is 1.55. The van der Waals surface area contributed by atoms with Crippen molar-refractivity contribution >= 4 is 31.1 Å². The monoisotopic (exact) mass is 655 g/mol. The van der Waals surface area contributed by atoms with Crippen LogP contribution in [0.3, 0.4) is 0 Å². The average molecular weight is 656 g/mol. The summed E-state index contributed by atoms with van der Waals surface area (Å²) < 4.78 is 30.5. The van der Waals surface area contributed by atoms with E-state index in [1.165, 1.54) is 0 Å². The predicted octanol–water partition coefficient (Wildman–Crippen LogP) is 6.15. The van der Waals surface area contributed by atoms with E-state index in [9.17, 15) is 19.2 Å². The molecule has 1 heterocycles. The van der Waals surface area contributed by atoms with E-state index in [2.05, 4.69) is 0 Å². The van der Waals surface area contributed by atoms with Gasteiger partial charge in [-0.15, -0.1) is 0 Å². The quantitative estimate of drug-likeness (QED) is 0.113. The van der Waals surface area contributed by atoms with Crippen LogP contribution in [0.1, 0.15) is 41.4 Å². The molecule has 0 saturated carbocycles. The Hall–Kier alpha value is -4.85. The van der Waals surface area contributed by atoms with Gasteiger partial charge in [0.25, 0.3) is 0 Å². The lowest BCUT2D eigenvalue weighted by Crippen LogP contribution is -2.62. The SMILES string of the molecule is C[P+](C)(C)C1O[C@H](COC(=O)c2ccccc2)[C@@H](OC(=O)c2ccccc2)[C@H](OC(=O)c2ccccc2)[C@H]1OC(=O)c1ccccc1. The zero-order valence-electron chi connectivity index (χ0n) is 26.3. The summed E-state index contributed by atoms with van der Waals surface area (Å²) in [6.07, 6.45) is -4.94. The van der Waals surface area contributed by atoms with E-state index in [1.54, 1.807) is 121 Å². The number of rotatable bonds is 10. The molecule has 0 bridgehead atoms. The molecule has 1 saturated heterocycles. The van der Waals surface area contributed by atoms with Crippen LogP contribution >= 0.6 is 7.26 Å². The van der Waals surface area contributed by atoms with Crippen LogP contribution in [0.4, 0.5) is 0 Å². The van der Waals surface area contributed by atoms with Crippen LogP contribution in [0.15, 0.2) is 121 Å². The molecule has 0 aromatic heterocycles. The smallest absolute Gasteiger partial charge is 0.338 e. The Morgan fingerprint density at radius 3 is 1.23 bits per heavy atom. The summed E-state index contributed by atoms with van der Waals surface area (Å²) in [5, 5.41) is 0. The summed E-state index contributed by atoms with van der Waals surface area (Å²) in [6, 6.07) is 33.4. The predicted molar refractivity (Wildman–Crippen MR) is 177 cm³/mol. The van der Waals surface area contributed by atoms with Gasteiger partial charge < -0.3 is 23.7 Å². The normalized spacial score (nSPS) is 20.8. The Morgan fingerprint density at radius 2 is 0.851 bits per heavy atom. The first-order chi connectivity index (χ1) is 22.6. The molecule has 0 N–H and O–H groups in total. The number of hydrogen-bond donors (Lipinski definition) is 0. The molecule has 5 rings (SSSR count). The van der Waals surface area contributed by atoms with Gasteiger partial charge in [0.1, 0.15) is 12.7 Å². The van der Waals surface area contributed by atoms with Crippen molar-refractivity contribution in [1.29, 1.82) is 0 Å². The zero-order chi connectivity index (χ0) is 33.4. The molecule has 0 spiro atoms. The highest BCUT2D eigenvalue weighted by Crippen LogP contribution is 2.57. The second kappa shape index (κ2) is 15.2. The fraction of sp³-hybridized carbons (Fsp3) is 0.243. The molecule has 9 nitrogen and oxygen atoms in total. The summed E-state index contributed by atoms with van der Waals surface area (Å²) in [5.74, 6) is -3.50. The van der Waals surface area contributed by atoms with E-state index in [1.807, 2.05) is 20.0 Å². The molecule has 242 valence electrons. The van der Waals surface area contributed by atoms with Crippen molar-refractivity contribution in [2.24, 2.45) is 0 Å². The van der Waals surface area contributed by atoms with Crippen LogP contribution in [-0.4, -0.2) is 80.7 Å². The molecule has 0 radical (unpaired) electrons. The van der Waals surface area contributed by atoms with Gasteiger partial charge in [0.2, 0.25) is 11.9 Å². The van der Waals surface area contributed by atoms with Crippen molar-refractivity contribution < 1.29 is 42.9 Å². The van der Waals surface area contributed by atoms with Crippen LogP contribution in [-0.2, 0) is 23.7 Å². The van der Waals surface area contributed by atoms with Crippen LogP contribution < -0.4 is 0 Å². The lowest BCUT2D eigenvalue weighted by molar-refractivity contribution is -0.209. The number of carbonyl (C=O) groups excluding carboxylic acids is 4. The summed E-state index contributed by atoms with van der Waals surface area (Å²) >= 11 is 0. The van der Waals surface area contributed by atoms with Crippen LogP contribution in [0.5, 0.6) is 0 Å². The first-order valence-electron chi connectivity index (χ1n) is 15.1. The van der Waals surface area contributed by atoms with Crippen molar-refractivity contribution in [3.05, 3.63) is 144 Å². The molecular weight excluding hydrogens is 619 g/mol. The van der Waals surface area contributed by atoms with E-state index in [0.717, 1.165) is 0 Å². The first kappa shape index (κ1) is 33.5. The molecule has 4 aromatic carbocycles. The molecule has 5 atom stereocenters. The fourth-order valence-electron chi connectivity index (χ4n) is 5.17. The van der Waals surface area contributed by atoms with E-state index in [4.69, 9.17) is 23.7 Å². The summed E-state index contributed by atoms with van der Waals surface area (Å²) in [4.78, 5) is 53.6. The minimum Gasteiger partial charge on any atom is -0.459 e. The van der Waals surface area contributed by atoms with Gasteiger partial charge in [-0.3, -0.25) is 0 Å². The maximum atomic E-state index is 13.6. The van der Waals surface area contributed by atoms with E-state index in [-0.39, 0.29) is 23.3 Å². The van der Waals surface area contributed by atoms with Crippen molar-refractivity contribution in [2.45, 2.75) is 30.3 Å². The van der Waals surface area contributed by atoms with Gasteiger partial charge in [0.05, 0.1) is 42.2 Å². The maximum absolute atomic E-state index is 13.6. The van der Waals surface area contributed by atoms with Gasteiger partial charge in [-0.2, -0.15) is 0 Å². The van der Waals surface area contributed by atoms with E-state index >= 15 is 0 Å². The molecule has 1 aliphatic rings. The molecule has 1 unspecified atom stereocenters. The topological polar surface area (TPSA) is 114 Å². The number of hydrogen-bond acceptors (Lipinski definition) is 9. The van der Waals surface area contributed by atoms with Crippen LogP contribution in [0, 0.1) is 0 Å². The molecule has 0 aliphatic carbocycles. The largest absolute Gasteiger partial charge is 0.459 e. The average Bonchev–Trinajstić information content (AvgIpc) is 3.09. The van der Waals surface area contributed by atoms with Gasteiger partial charge in [0.15, 0.2) is 12.2 Å². The minimum atomic E-state index is -2.08. The lowest BCUT2D eigenvalue weighted by Gasteiger charge is -2.45. The molecule has 1 aliphatic heterocycles. The molecular formula is C37H36O9P+. The van der Waals surface area contributed by atoms with Crippen molar-refractivity contribution in [1.82, 2.24) is 0 Å². The van der Waals surface area contributed by atoms with Crippen molar-refractivity contribution in [2.75, 3.05) is 26.6 Å². The van der Waals surface area contributed by atoms with E-state index < -0.39 is 61.4 Å². The number of carbonyl (C=O) groups is 4. The number of benzene rings is 4. The maximum Gasteiger partial charge on any atom is 0.338 e.